The van der Waals surface area contributed by atoms with Gasteiger partial charge < -0.3 is 4.74 Å². The van der Waals surface area contributed by atoms with Gasteiger partial charge >= 0.3 is 6.09 Å². The van der Waals surface area contributed by atoms with Crippen LogP contribution < -0.4 is 0 Å². The van der Waals surface area contributed by atoms with E-state index in [1.165, 1.54) is 48.8 Å². The average Bonchev–Trinajstić information content (AvgIpc) is 3.14. The minimum Gasteiger partial charge on any atom is -0.449 e. The predicted octanol–water partition coefficient (Wildman–Crippen LogP) is 5.61. The molecule has 0 spiro atoms. The van der Waals surface area contributed by atoms with Crippen LogP contribution in [0.4, 0.5) is 4.79 Å². The van der Waals surface area contributed by atoms with Gasteiger partial charge in [-0.1, -0.05) is 57.2 Å². The minimum atomic E-state index is -0.314. The van der Waals surface area contributed by atoms with Gasteiger partial charge in [0.1, 0.15) is 5.82 Å². The van der Waals surface area contributed by atoms with Gasteiger partial charge in [0, 0.05) is 18.3 Å². The number of carbonyl (C=O) groups is 1. The molecule has 1 saturated carbocycles. The lowest BCUT2D eigenvalue weighted by atomic mass is 9.87. The number of benzene rings is 1. The van der Waals surface area contributed by atoms with E-state index in [9.17, 15) is 4.79 Å². The molecule has 0 radical (unpaired) electrons. The monoisotopic (exact) mass is 354 g/mol. The highest BCUT2D eigenvalue weighted by Gasteiger charge is 2.21. The molecular weight excluding hydrogens is 324 g/mol. The van der Waals surface area contributed by atoms with E-state index in [-0.39, 0.29) is 12.0 Å². The van der Waals surface area contributed by atoms with E-state index < -0.39 is 0 Å². The molecule has 0 saturated heterocycles. The number of aryl methyl sites for hydroxylation is 1. The summed E-state index contributed by atoms with van der Waals surface area (Å²) >= 11 is 0. The van der Waals surface area contributed by atoms with E-state index in [0.717, 1.165) is 12.2 Å². The zero-order valence-corrected chi connectivity index (χ0v) is 16.2. The molecule has 0 amide bonds. The Hall–Kier alpha value is -2.10. The molecule has 0 unspecified atom stereocenters. The molecule has 1 aliphatic carbocycles. The topological polar surface area (TPSA) is 44.1 Å². The highest BCUT2D eigenvalue weighted by molar-refractivity contribution is 5.71. The van der Waals surface area contributed by atoms with Crippen molar-refractivity contribution >= 4 is 6.09 Å². The number of ether oxygens (including phenoxy) is 1. The normalized spacial score (nSPS) is 16.4. The lowest BCUT2D eigenvalue weighted by molar-refractivity contribution is 0.135. The third kappa shape index (κ3) is 4.17. The summed E-state index contributed by atoms with van der Waals surface area (Å²) in [6, 6.07) is 6.28. The average molecular weight is 354 g/mol. The van der Waals surface area contributed by atoms with Crippen molar-refractivity contribution in [2.75, 3.05) is 6.61 Å². The molecular formula is C22H30N2O2. The predicted molar refractivity (Wildman–Crippen MR) is 104 cm³/mol. The van der Waals surface area contributed by atoms with Crippen LogP contribution in [0.1, 0.15) is 73.9 Å². The van der Waals surface area contributed by atoms with Crippen LogP contribution in [0.3, 0.4) is 0 Å². The fourth-order valence-corrected chi connectivity index (χ4v) is 4.03. The standard InChI is InChI=1S/C22H30N2O2/c1-16-8-7-11-20(17(16)2)18(3)21-23-13-14-24(21)22(25)26-15-12-19-9-5-4-6-10-19/h7-8,11,13-14,18-19H,4-6,9-10,12,15H2,1-3H3/t18-/m0/s1. The number of rotatable bonds is 5. The SMILES string of the molecule is Cc1cccc([C@H](C)c2nccn2C(=O)OCCC2CCCCC2)c1C. The third-order valence-electron chi connectivity index (χ3n) is 5.84. The summed E-state index contributed by atoms with van der Waals surface area (Å²) in [5.41, 5.74) is 3.70. The van der Waals surface area contributed by atoms with Crippen LogP contribution in [0.25, 0.3) is 0 Å². The second kappa shape index (κ2) is 8.52. The number of aromatic nitrogens is 2. The third-order valence-corrected chi connectivity index (χ3v) is 5.84. The number of carbonyl (C=O) groups excluding carboxylic acids is 1. The first-order valence-corrected chi connectivity index (χ1v) is 9.84. The molecule has 1 aromatic heterocycles. The molecule has 26 heavy (non-hydrogen) atoms. The molecule has 4 heteroatoms. The molecule has 1 aromatic carbocycles. The van der Waals surface area contributed by atoms with Gasteiger partial charge in [-0.05, 0) is 42.9 Å². The van der Waals surface area contributed by atoms with E-state index in [4.69, 9.17) is 4.74 Å². The maximum atomic E-state index is 12.6. The van der Waals surface area contributed by atoms with E-state index in [2.05, 4.69) is 44.0 Å². The zero-order chi connectivity index (χ0) is 18.5. The summed E-state index contributed by atoms with van der Waals surface area (Å²) < 4.78 is 7.12. The van der Waals surface area contributed by atoms with Crippen LogP contribution in [0.15, 0.2) is 30.6 Å². The quantitative estimate of drug-likeness (QED) is 0.701. The zero-order valence-electron chi connectivity index (χ0n) is 16.2. The molecule has 140 valence electrons. The Morgan fingerprint density at radius 1 is 1.27 bits per heavy atom. The highest BCUT2D eigenvalue weighted by atomic mass is 16.5. The van der Waals surface area contributed by atoms with Gasteiger partial charge in [0.15, 0.2) is 0 Å². The molecule has 0 N–H and O–H groups in total. The van der Waals surface area contributed by atoms with Gasteiger partial charge in [0.25, 0.3) is 0 Å². The van der Waals surface area contributed by atoms with Crippen LogP contribution in [-0.4, -0.2) is 22.3 Å². The van der Waals surface area contributed by atoms with Gasteiger partial charge in [0.2, 0.25) is 0 Å². The van der Waals surface area contributed by atoms with E-state index in [0.29, 0.717) is 12.5 Å². The van der Waals surface area contributed by atoms with E-state index >= 15 is 0 Å². The Kier molecular flexibility index (Phi) is 6.12. The van der Waals surface area contributed by atoms with Crippen molar-refractivity contribution in [3.63, 3.8) is 0 Å². The molecule has 3 rings (SSSR count). The van der Waals surface area contributed by atoms with Crippen LogP contribution >= 0.6 is 0 Å². The minimum absolute atomic E-state index is 0.0378. The van der Waals surface area contributed by atoms with Crippen LogP contribution in [0, 0.1) is 19.8 Å². The van der Waals surface area contributed by atoms with Gasteiger partial charge in [0.05, 0.1) is 6.61 Å². The van der Waals surface area contributed by atoms with E-state index in [1.54, 1.807) is 17.0 Å². The number of hydrogen-bond acceptors (Lipinski definition) is 3. The maximum absolute atomic E-state index is 12.6. The summed E-state index contributed by atoms with van der Waals surface area (Å²) in [4.78, 5) is 17.0. The fraction of sp³-hybridized carbons (Fsp3) is 0.545. The Morgan fingerprint density at radius 3 is 2.81 bits per heavy atom. The molecule has 1 atom stereocenters. The van der Waals surface area contributed by atoms with Crippen molar-refractivity contribution in [3.05, 3.63) is 53.1 Å². The van der Waals surface area contributed by atoms with Gasteiger partial charge in [-0.2, -0.15) is 0 Å². The first-order valence-electron chi connectivity index (χ1n) is 9.84. The summed E-state index contributed by atoms with van der Waals surface area (Å²) in [7, 11) is 0. The van der Waals surface area contributed by atoms with Crippen LogP contribution in [-0.2, 0) is 4.74 Å². The van der Waals surface area contributed by atoms with Crippen molar-refractivity contribution in [2.45, 2.75) is 65.2 Å². The van der Waals surface area contributed by atoms with Gasteiger partial charge in [-0.3, -0.25) is 0 Å². The van der Waals surface area contributed by atoms with Gasteiger partial charge in [-0.15, -0.1) is 0 Å². The van der Waals surface area contributed by atoms with Crippen LogP contribution in [0.5, 0.6) is 0 Å². The highest BCUT2D eigenvalue weighted by Crippen LogP contribution is 2.28. The molecule has 4 nitrogen and oxygen atoms in total. The Balaban J connectivity index is 1.65. The van der Waals surface area contributed by atoms with Crippen molar-refractivity contribution in [1.82, 2.24) is 9.55 Å². The molecule has 2 aromatic rings. The summed E-state index contributed by atoms with van der Waals surface area (Å²) in [5, 5.41) is 0. The maximum Gasteiger partial charge on any atom is 0.419 e. The van der Waals surface area contributed by atoms with Crippen LogP contribution in [0.2, 0.25) is 0 Å². The number of imidazole rings is 1. The Bertz CT molecular complexity index is 744. The first kappa shape index (κ1) is 18.7. The Morgan fingerprint density at radius 2 is 2.04 bits per heavy atom. The molecule has 1 heterocycles. The summed E-state index contributed by atoms with van der Waals surface area (Å²) in [6.07, 6.45) is 10.6. The lowest BCUT2D eigenvalue weighted by Gasteiger charge is -2.21. The van der Waals surface area contributed by atoms with Crippen molar-refractivity contribution < 1.29 is 9.53 Å². The molecule has 1 aliphatic rings. The summed E-state index contributed by atoms with van der Waals surface area (Å²) in [6.45, 7) is 6.82. The second-order valence-electron chi connectivity index (χ2n) is 7.57. The smallest absolute Gasteiger partial charge is 0.419 e. The first-order chi connectivity index (χ1) is 12.6. The second-order valence-corrected chi connectivity index (χ2v) is 7.57. The fourth-order valence-electron chi connectivity index (χ4n) is 4.03. The van der Waals surface area contributed by atoms with Crippen molar-refractivity contribution in [2.24, 2.45) is 5.92 Å². The van der Waals surface area contributed by atoms with Crippen molar-refractivity contribution in [3.8, 4) is 0 Å². The Labute approximate surface area is 156 Å². The number of hydrogen-bond donors (Lipinski definition) is 0. The molecule has 1 fully saturated rings. The van der Waals surface area contributed by atoms with Crippen molar-refractivity contribution in [1.29, 1.82) is 0 Å². The molecule has 0 aliphatic heterocycles. The lowest BCUT2D eigenvalue weighted by Crippen LogP contribution is -2.20. The largest absolute Gasteiger partial charge is 0.449 e. The summed E-state index contributed by atoms with van der Waals surface area (Å²) in [5.74, 6) is 1.49. The molecule has 0 bridgehead atoms. The number of nitrogens with zero attached hydrogens (tertiary/aromatic N) is 2. The van der Waals surface area contributed by atoms with E-state index in [1.807, 2.05) is 0 Å². The van der Waals surface area contributed by atoms with Gasteiger partial charge in [-0.25, -0.2) is 14.3 Å².